The standard InChI is InChI=1S/C64H36F3N7/c1-39-12-10-17-46(24-39)54-34-50(59-36-58(42-13-6-4-7-14-42)72-63(73-59)43-15-8-5-9-16-43)35-55(47-18-11-19-51(29-47)64(65,66)67)62(54)74-60-22-20-44(48-25-40(37-68)27-52(30-48)70-2)32-56(60)57-33-45(21-23-61(57)74)49-26-41(38-69)28-53(31-49)71-3/h4-36H,1H3. The number of benzene rings is 9. The maximum Gasteiger partial charge on any atom is 0.416 e. The summed E-state index contributed by atoms with van der Waals surface area (Å²) in [7, 11) is 0. The predicted octanol–water partition coefficient (Wildman–Crippen LogP) is 17.4. The zero-order chi connectivity index (χ0) is 51.1. The largest absolute Gasteiger partial charge is 0.416 e. The Labute approximate surface area is 424 Å². The van der Waals surface area contributed by atoms with E-state index in [1.807, 2.05) is 140 Å². The topological polar surface area (TPSA) is 87.0 Å². The first-order valence-corrected chi connectivity index (χ1v) is 23.4. The van der Waals surface area contributed by atoms with E-state index in [4.69, 9.17) is 23.1 Å². The van der Waals surface area contributed by atoms with Gasteiger partial charge in [0.2, 0.25) is 0 Å². The number of hydrogen-bond acceptors (Lipinski definition) is 4. The first-order chi connectivity index (χ1) is 36.0. The first-order valence-electron chi connectivity index (χ1n) is 23.4. The summed E-state index contributed by atoms with van der Waals surface area (Å²) < 4.78 is 46.7. The van der Waals surface area contributed by atoms with E-state index in [9.17, 15) is 23.7 Å². The quantitative estimate of drug-likeness (QED) is 0.142. The SMILES string of the molecule is [C-]#[N+]c1cc(C#N)cc(-c2ccc3c(c2)c2cc(-c4cc(C#N)cc([N+]#[C-])c4)ccc2n3-c2c(-c3cccc(C)c3)cc(-c3cc(-c4ccccc4)nc(-c4ccccc4)n3)cc2-c2cccc(C(F)(F)F)c2)c1. The van der Waals surface area contributed by atoms with Crippen molar-refractivity contribution in [3.8, 4) is 96.2 Å². The van der Waals surface area contributed by atoms with Gasteiger partial charge in [-0.05, 0) is 131 Å². The number of alkyl halides is 3. The molecular formula is C64H36F3N7. The van der Waals surface area contributed by atoms with E-state index in [1.54, 1.807) is 30.3 Å². The van der Waals surface area contributed by atoms with Gasteiger partial charge in [0.15, 0.2) is 17.2 Å². The highest BCUT2D eigenvalue weighted by Crippen LogP contribution is 2.47. The van der Waals surface area contributed by atoms with Gasteiger partial charge in [-0.3, -0.25) is 0 Å². The fourth-order valence-corrected chi connectivity index (χ4v) is 9.64. The zero-order valence-corrected chi connectivity index (χ0v) is 39.3. The summed E-state index contributed by atoms with van der Waals surface area (Å²) in [5, 5.41) is 21.5. The lowest BCUT2D eigenvalue weighted by Crippen LogP contribution is -2.06. The Morgan fingerprint density at radius 2 is 0.959 bits per heavy atom. The third kappa shape index (κ3) is 8.67. The molecule has 0 N–H and O–H groups in total. The monoisotopic (exact) mass is 959 g/mol. The number of nitriles is 2. The number of aryl methyl sites for hydroxylation is 1. The molecule has 2 aromatic heterocycles. The van der Waals surface area contributed by atoms with Gasteiger partial charge in [-0.25, -0.2) is 19.7 Å². The van der Waals surface area contributed by atoms with Crippen LogP contribution in [0, 0.1) is 42.7 Å². The summed E-state index contributed by atoms with van der Waals surface area (Å²) in [4.78, 5) is 17.5. The highest BCUT2D eigenvalue weighted by atomic mass is 19.4. The number of fused-ring (bicyclic) bond motifs is 3. The van der Waals surface area contributed by atoms with Crippen molar-refractivity contribution >= 4 is 33.2 Å². The van der Waals surface area contributed by atoms with Crippen molar-refractivity contribution in [3.63, 3.8) is 0 Å². The molecule has 0 amide bonds. The number of halogens is 3. The van der Waals surface area contributed by atoms with Crippen LogP contribution in [0.1, 0.15) is 22.3 Å². The minimum Gasteiger partial charge on any atom is -0.308 e. The fraction of sp³-hybridized carbons (Fsp3) is 0.0312. The molecule has 10 heteroatoms. The van der Waals surface area contributed by atoms with Crippen LogP contribution in [0.4, 0.5) is 24.5 Å². The van der Waals surface area contributed by atoms with Crippen LogP contribution in [0.2, 0.25) is 0 Å². The summed E-state index contributed by atoms with van der Waals surface area (Å²) in [5.74, 6) is 0.477. The molecule has 348 valence electrons. The van der Waals surface area contributed by atoms with Crippen molar-refractivity contribution in [3.05, 3.63) is 245 Å². The highest BCUT2D eigenvalue weighted by molar-refractivity contribution is 6.13. The molecule has 7 nitrogen and oxygen atoms in total. The predicted molar refractivity (Wildman–Crippen MR) is 286 cm³/mol. The lowest BCUT2D eigenvalue weighted by atomic mass is 9.90. The third-order valence-electron chi connectivity index (χ3n) is 13.1. The Balaban J connectivity index is 1.28. The van der Waals surface area contributed by atoms with Crippen LogP contribution in [0.3, 0.4) is 0 Å². The van der Waals surface area contributed by atoms with E-state index in [2.05, 4.69) is 32.5 Å². The third-order valence-corrected chi connectivity index (χ3v) is 13.1. The van der Waals surface area contributed by atoms with Gasteiger partial charge in [0.1, 0.15) is 0 Å². The lowest BCUT2D eigenvalue weighted by molar-refractivity contribution is -0.137. The molecule has 0 spiro atoms. The van der Waals surface area contributed by atoms with Crippen LogP contribution < -0.4 is 0 Å². The Bertz CT molecular complexity index is 3990. The molecule has 0 bridgehead atoms. The second-order valence-electron chi connectivity index (χ2n) is 17.8. The van der Waals surface area contributed by atoms with Crippen LogP contribution >= 0.6 is 0 Å². The molecule has 0 aliphatic carbocycles. The summed E-state index contributed by atoms with van der Waals surface area (Å²) in [6.07, 6.45) is -4.65. The van der Waals surface area contributed by atoms with Gasteiger partial charge in [-0.2, -0.15) is 23.7 Å². The average Bonchev–Trinajstić information content (AvgIpc) is 3.77. The smallest absolute Gasteiger partial charge is 0.308 e. The summed E-state index contributed by atoms with van der Waals surface area (Å²) in [6, 6.07) is 64.8. The summed E-state index contributed by atoms with van der Waals surface area (Å²) in [5.41, 5.74) is 12.0. The van der Waals surface area contributed by atoms with Crippen molar-refractivity contribution in [1.29, 1.82) is 10.5 Å². The fourth-order valence-electron chi connectivity index (χ4n) is 9.64. The average molecular weight is 960 g/mol. The van der Waals surface area contributed by atoms with Crippen molar-refractivity contribution in [1.82, 2.24) is 14.5 Å². The molecular weight excluding hydrogens is 924 g/mol. The van der Waals surface area contributed by atoms with E-state index in [0.717, 1.165) is 50.2 Å². The number of aromatic nitrogens is 3. The van der Waals surface area contributed by atoms with Gasteiger partial charge in [0.25, 0.3) is 0 Å². The van der Waals surface area contributed by atoms with E-state index < -0.39 is 11.7 Å². The minimum absolute atomic E-state index is 0.306. The highest BCUT2D eigenvalue weighted by Gasteiger charge is 2.31. The van der Waals surface area contributed by atoms with Crippen molar-refractivity contribution in [2.75, 3.05) is 0 Å². The van der Waals surface area contributed by atoms with Crippen LogP contribution in [-0.2, 0) is 6.18 Å². The number of nitrogens with zero attached hydrogens (tertiary/aromatic N) is 7. The van der Waals surface area contributed by atoms with Crippen molar-refractivity contribution in [2.45, 2.75) is 13.1 Å². The first kappa shape index (κ1) is 46.0. The molecule has 0 atom stereocenters. The number of rotatable bonds is 8. The maximum atomic E-state index is 14.9. The Kier molecular flexibility index (Phi) is 11.7. The molecule has 2 heterocycles. The minimum atomic E-state index is -4.65. The molecule has 74 heavy (non-hydrogen) atoms. The Morgan fingerprint density at radius 3 is 1.47 bits per heavy atom. The molecule has 0 aliphatic rings. The number of hydrogen-bond donors (Lipinski definition) is 0. The molecule has 0 aliphatic heterocycles. The van der Waals surface area contributed by atoms with E-state index in [-0.39, 0.29) is 0 Å². The second-order valence-corrected chi connectivity index (χ2v) is 17.8. The Hall–Kier alpha value is -10.4. The molecule has 11 aromatic rings. The van der Waals surface area contributed by atoms with E-state index >= 15 is 0 Å². The molecule has 0 unspecified atom stereocenters. The van der Waals surface area contributed by atoms with Gasteiger partial charge in [0, 0.05) is 49.7 Å². The maximum absolute atomic E-state index is 14.9. The molecule has 0 saturated heterocycles. The van der Waals surface area contributed by atoms with Gasteiger partial charge in [-0.15, -0.1) is 0 Å². The molecule has 9 aromatic carbocycles. The molecule has 11 rings (SSSR count). The molecule has 0 fully saturated rings. The second kappa shape index (κ2) is 18.7. The van der Waals surface area contributed by atoms with Crippen LogP contribution in [0.15, 0.2) is 200 Å². The van der Waals surface area contributed by atoms with Gasteiger partial charge < -0.3 is 4.57 Å². The van der Waals surface area contributed by atoms with Crippen molar-refractivity contribution < 1.29 is 13.2 Å². The molecule has 0 radical (unpaired) electrons. The van der Waals surface area contributed by atoms with Crippen LogP contribution in [0.25, 0.3) is 116 Å². The normalized spacial score (nSPS) is 11.2. The van der Waals surface area contributed by atoms with E-state index in [0.29, 0.717) is 89.8 Å². The van der Waals surface area contributed by atoms with Crippen LogP contribution in [-0.4, -0.2) is 14.5 Å². The van der Waals surface area contributed by atoms with Gasteiger partial charge in [-0.1, -0.05) is 115 Å². The van der Waals surface area contributed by atoms with Gasteiger partial charge in [0.05, 0.1) is 59.0 Å². The zero-order valence-electron chi connectivity index (χ0n) is 39.3. The lowest BCUT2D eigenvalue weighted by Gasteiger charge is -2.22. The van der Waals surface area contributed by atoms with Gasteiger partial charge >= 0.3 is 6.18 Å². The van der Waals surface area contributed by atoms with Crippen molar-refractivity contribution in [2.24, 2.45) is 0 Å². The van der Waals surface area contributed by atoms with Crippen LogP contribution in [0.5, 0.6) is 0 Å². The van der Waals surface area contributed by atoms with E-state index in [1.165, 1.54) is 24.3 Å². The molecule has 0 saturated carbocycles. The summed E-state index contributed by atoms with van der Waals surface area (Å²) in [6.45, 7) is 17.6. The summed E-state index contributed by atoms with van der Waals surface area (Å²) >= 11 is 0. The Morgan fingerprint density at radius 1 is 0.459 bits per heavy atom.